The van der Waals surface area contributed by atoms with Gasteiger partial charge in [-0.1, -0.05) is 29.8 Å². The van der Waals surface area contributed by atoms with Gasteiger partial charge in [0.05, 0.1) is 11.0 Å². The number of halogens is 1. The SMILES string of the molecule is C[C@@H](N[C@H](C)c1ccccc1Cl)c1nnc(-c2ccc([N+](=O)[O-])cc2)o1. The average molecular weight is 373 g/mol. The highest BCUT2D eigenvalue weighted by molar-refractivity contribution is 6.31. The summed E-state index contributed by atoms with van der Waals surface area (Å²) in [6.45, 7) is 3.92. The zero-order chi connectivity index (χ0) is 18.7. The fourth-order valence-electron chi connectivity index (χ4n) is 2.61. The topological polar surface area (TPSA) is 94.1 Å². The number of hydrogen-bond acceptors (Lipinski definition) is 6. The van der Waals surface area contributed by atoms with Gasteiger partial charge in [-0.3, -0.25) is 15.4 Å². The summed E-state index contributed by atoms with van der Waals surface area (Å²) in [6.07, 6.45) is 0. The van der Waals surface area contributed by atoms with E-state index in [1.807, 2.05) is 38.1 Å². The molecule has 0 spiro atoms. The summed E-state index contributed by atoms with van der Waals surface area (Å²) in [7, 11) is 0. The Bertz CT molecular complexity index is 911. The third kappa shape index (κ3) is 3.89. The highest BCUT2D eigenvalue weighted by Crippen LogP contribution is 2.26. The van der Waals surface area contributed by atoms with Crippen LogP contribution in [0.3, 0.4) is 0 Å². The minimum Gasteiger partial charge on any atom is -0.419 e. The van der Waals surface area contributed by atoms with Crippen LogP contribution in [0.1, 0.15) is 37.4 Å². The molecule has 2 aromatic carbocycles. The van der Waals surface area contributed by atoms with E-state index in [2.05, 4.69) is 15.5 Å². The van der Waals surface area contributed by atoms with Crippen molar-refractivity contribution in [1.82, 2.24) is 15.5 Å². The average Bonchev–Trinajstić information content (AvgIpc) is 3.12. The molecule has 0 bridgehead atoms. The Morgan fingerprint density at radius 3 is 2.42 bits per heavy atom. The highest BCUT2D eigenvalue weighted by Gasteiger charge is 2.19. The number of aromatic nitrogens is 2. The van der Waals surface area contributed by atoms with E-state index in [-0.39, 0.29) is 17.8 Å². The van der Waals surface area contributed by atoms with Crippen LogP contribution in [0.2, 0.25) is 5.02 Å². The Kier molecular flexibility index (Phi) is 5.29. The van der Waals surface area contributed by atoms with Crippen LogP contribution in [-0.2, 0) is 0 Å². The van der Waals surface area contributed by atoms with Crippen LogP contribution in [0.4, 0.5) is 5.69 Å². The maximum absolute atomic E-state index is 10.7. The Labute approximate surface area is 155 Å². The van der Waals surface area contributed by atoms with Crippen LogP contribution in [0.25, 0.3) is 11.5 Å². The predicted octanol–water partition coefficient (Wildman–Crippen LogP) is 4.71. The number of nitrogens with one attached hydrogen (secondary N) is 1. The minimum absolute atomic E-state index is 0.00609. The second-order valence-corrected chi connectivity index (χ2v) is 6.29. The van der Waals surface area contributed by atoms with Gasteiger partial charge in [0.15, 0.2) is 0 Å². The largest absolute Gasteiger partial charge is 0.419 e. The zero-order valence-corrected chi connectivity index (χ0v) is 15.0. The van der Waals surface area contributed by atoms with Crippen LogP contribution in [0.15, 0.2) is 52.9 Å². The quantitative estimate of drug-likeness (QED) is 0.497. The second kappa shape index (κ2) is 7.63. The minimum atomic E-state index is -0.453. The number of nitro benzene ring substituents is 1. The summed E-state index contributed by atoms with van der Waals surface area (Å²) in [5.41, 5.74) is 1.62. The maximum atomic E-state index is 10.7. The lowest BCUT2D eigenvalue weighted by atomic mass is 10.1. The third-order valence-corrected chi connectivity index (χ3v) is 4.35. The fraction of sp³-hybridized carbons (Fsp3) is 0.222. The molecule has 0 aliphatic rings. The molecule has 2 atom stereocenters. The molecule has 3 rings (SSSR count). The molecule has 7 nitrogen and oxygen atoms in total. The highest BCUT2D eigenvalue weighted by atomic mass is 35.5. The summed E-state index contributed by atoms with van der Waals surface area (Å²) >= 11 is 6.23. The summed E-state index contributed by atoms with van der Waals surface area (Å²) in [6, 6.07) is 13.4. The van der Waals surface area contributed by atoms with Gasteiger partial charge >= 0.3 is 0 Å². The maximum Gasteiger partial charge on any atom is 0.269 e. The van der Waals surface area contributed by atoms with Crippen LogP contribution >= 0.6 is 11.6 Å². The molecule has 0 unspecified atom stereocenters. The Hall–Kier alpha value is -2.77. The molecular weight excluding hydrogens is 356 g/mol. The van der Waals surface area contributed by atoms with Crippen molar-refractivity contribution in [3.8, 4) is 11.5 Å². The number of nitrogens with zero attached hydrogens (tertiary/aromatic N) is 3. The standard InChI is InChI=1S/C18H17ClN4O3/c1-11(15-5-3-4-6-16(15)19)20-12(2)17-21-22-18(26-17)13-7-9-14(10-8-13)23(24)25/h3-12,20H,1-2H3/t11-,12-/m1/s1. The lowest BCUT2D eigenvalue weighted by molar-refractivity contribution is -0.384. The summed E-state index contributed by atoms with van der Waals surface area (Å²) in [5, 5.41) is 22.9. The third-order valence-electron chi connectivity index (χ3n) is 4.01. The number of rotatable bonds is 6. The molecule has 1 heterocycles. The van der Waals surface area contributed by atoms with E-state index in [9.17, 15) is 10.1 Å². The van der Waals surface area contributed by atoms with E-state index in [0.717, 1.165) is 5.56 Å². The molecule has 3 aromatic rings. The molecule has 1 aromatic heterocycles. The molecule has 1 N–H and O–H groups in total. The zero-order valence-electron chi connectivity index (χ0n) is 14.2. The van der Waals surface area contributed by atoms with Crippen molar-refractivity contribution in [1.29, 1.82) is 0 Å². The smallest absolute Gasteiger partial charge is 0.269 e. The Morgan fingerprint density at radius 2 is 1.77 bits per heavy atom. The van der Waals surface area contributed by atoms with E-state index in [1.165, 1.54) is 12.1 Å². The first-order valence-electron chi connectivity index (χ1n) is 8.04. The normalized spacial score (nSPS) is 13.3. The second-order valence-electron chi connectivity index (χ2n) is 5.88. The van der Waals surface area contributed by atoms with Crippen LogP contribution in [0.5, 0.6) is 0 Å². The molecule has 0 fully saturated rings. The van der Waals surface area contributed by atoms with E-state index in [0.29, 0.717) is 22.4 Å². The number of non-ortho nitro benzene ring substituents is 1. The summed E-state index contributed by atoms with van der Waals surface area (Å²) < 4.78 is 5.71. The first-order valence-corrected chi connectivity index (χ1v) is 8.42. The molecule has 0 amide bonds. The van der Waals surface area contributed by atoms with Gasteiger partial charge in [0.2, 0.25) is 11.8 Å². The molecule has 0 saturated heterocycles. The first-order chi connectivity index (χ1) is 12.5. The van der Waals surface area contributed by atoms with Crippen molar-refractivity contribution >= 4 is 17.3 Å². The van der Waals surface area contributed by atoms with Gasteiger partial charge in [0.25, 0.3) is 5.69 Å². The van der Waals surface area contributed by atoms with Crippen molar-refractivity contribution in [3.05, 3.63) is 75.1 Å². The molecule has 0 saturated carbocycles. The molecule has 0 aliphatic carbocycles. The van der Waals surface area contributed by atoms with Crippen molar-refractivity contribution in [2.24, 2.45) is 0 Å². The van der Waals surface area contributed by atoms with Crippen molar-refractivity contribution in [3.63, 3.8) is 0 Å². The lowest BCUT2D eigenvalue weighted by Gasteiger charge is -2.18. The monoisotopic (exact) mass is 372 g/mol. The van der Waals surface area contributed by atoms with E-state index in [4.69, 9.17) is 16.0 Å². The molecular formula is C18H17ClN4O3. The number of nitro groups is 1. The summed E-state index contributed by atoms with van der Waals surface area (Å²) in [4.78, 5) is 10.3. The Morgan fingerprint density at radius 1 is 1.08 bits per heavy atom. The first kappa shape index (κ1) is 18.0. The molecule has 0 radical (unpaired) electrons. The number of hydrogen-bond donors (Lipinski definition) is 1. The van der Waals surface area contributed by atoms with E-state index >= 15 is 0 Å². The summed E-state index contributed by atoms with van der Waals surface area (Å²) in [5.74, 6) is 0.742. The Balaban J connectivity index is 1.72. The van der Waals surface area contributed by atoms with E-state index < -0.39 is 4.92 Å². The predicted molar refractivity (Wildman–Crippen MR) is 97.8 cm³/mol. The van der Waals surface area contributed by atoms with Gasteiger partial charge in [-0.05, 0) is 37.6 Å². The van der Waals surface area contributed by atoms with Gasteiger partial charge in [-0.2, -0.15) is 0 Å². The van der Waals surface area contributed by atoms with Gasteiger partial charge in [0, 0.05) is 28.8 Å². The molecule has 0 aliphatic heterocycles. The number of benzene rings is 2. The van der Waals surface area contributed by atoms with Crippen LogP contribution in [-0.4, -0.2) is 15.1 Å². The lowest BCUT2D eigenvalue weighted by Crippen LogP contribution is -2.23. The molecule has 134 valence electrons. The van der Waals surface area contributed by atoms with Crippen molar-refractivity contribution in [2.45, 2.75) is 25.9 Å². The van der Waals surface area contributed by atoms with Crippen LogP contribution < -0.4 is 5.32 Å². The van der Waals surface area contributed by atoms with Crippen molar-refractivity contribution < 1.29 is 9.34 Å². The van der Waals surface area contributed by atoms with Crippen LogP contribution in [0, 0.1) is 10.1 Å². The van der Waals surface area contributed by atoms with Gasteiger partial charge in [-0.15, -0.1) is 10.2 Å². The molecule has 26 heavy (non-hydrogen) atoms. The van der Waals surface area contributed by atoms with Gasteiger partial charge in [0.1, 0.15) is 0 Å². The van der Waals surface area contributed by atoms with Gasteiger partial charge < -0.3 is 4.42 Å². The molecule has 8 heteroatoms. The van der Waals surface area contributed by atoms with Gasteiger partial charge in [-0.25, -0.2) is 0 Å². The fourth-order valence-corrected chi connectivity index (χ4v) is 2.91. The van der Waals surface area contributed by atoms with E-state index in [1.54, 1.807) is 12.1 Å². The van der Waals surface area contributed by atoms with Crippen molar-refractivity contribution in [2.75, 3.05) is 0 Å².